The van der Waals surface area contributed by atoms with Crippen molar-refractivity contribution in [1.82, 2.24) is 9.97 Å². The molecule has 0 fully saturated rings. The number of carbonyl (C=O) groups is 1. The van der Waals surface area contributed by atoms with E-state index in [1.54, 1.807) is 0 Å². The lowest BCUT2D eigenvalue weighted by Gasteiger charge is -2.14. The van der Waals surface area contributed by atoms with Crippen LogP contribution in [0.2, 0.25) is 0 Å². The highest BCUT2D eigenvalue weighted by molar-refractivity contribution is 5.88. The molecule has 0 aliphatic carbocycles. The first-order valence-electron chi connectivity index (χ1n) is 8.72. The van der Waals surface area contributed by atoms with Gasteiger partial charge in [0.1, 0.15) is 18.0 Å². The van der Waals surface area contributed by atoms with Crippen molar-refractivity contribution in [2.75, 3.05) is 16.0 Å². The van der Waals surface area contributed by atoms with E-state index in [9.17, 15) is 4.79 Å². The largest absolute Gasteiger partial charge is 0.340 e. The Labute approximate surface area is 159 Å². The summed E-state index contributed by atoms with van der Waals surface area (Å²) in [6.45, 7) is 7.74. The van der Waals surface area contributed by atoms with Crippen molar-refractivity contribution in [3.8, 4) is 0 Å². The van der Waals surface area contributed by atoms with Crippen molar-refractivity contribution in [1.29, 1.82) is 0 Å². The Bertz CT molecular complexity index is 944. The first-order chi connectivity index (χ1) is 12.9. The molecule has 6 heteroatoms. The Morgan fingerprint density at radius 3 is 1.96 bits per heavy atom. The number of benzene rings is 2. The number of rotatable bonds is 5. The van der Waals surface area contributed by atoms with Crippen molar-refractivity contribution < 1.29 is 4.79 Å². The lowest BCUT2D eigenvalue weighted by molar-refractivity contribution is -0.114. The highest BCUT2D eigenvalue weighted by Crippen LogP contribution is 2.26. The van der Waals surface area contributed by atoms with Crippen LogP contribution in [0.15, 0.2) is 48.8 Å². The lowest BCUT2D eigenvalue weighted by Crippen LogP contribution is -2.05. The Hall–Kier alpha value is -3.41. The van der Waals surface area contributed by atoms with E-state index in [4.69, 9.17) is 0 Å². The number of hydrogen-bond donors (Lipinski definition) is 3. The quantitative estimate of drug-likeness (QED) is 0.605. The normalized spacial score (nSPS) is 10.4. The van der Waals surface area contributed by atoms with Gasteiger partial charge in [-0.3, -0.25) is 4.79 Å². The van der Waals surface area contributed by atoms with E-state index < -0.39 is 0 Å². The average molecular weight is 361 g/mol. The summed E-state index contributed by atoms with van der Waals surface area (Å²) in [5.41, 5.74) is 6.27. The fraction of sp³-hybridized carbons (Fsp3) is 0.190. The van der Waals surface area contributed by atoms with Crippen molar-refractivity contribution in [3.63, 3.8) is 0 Å². The zero-order valence-electron chi connectivity index (χ0n) is 15.9. The maximum Gasteiger partial charge on any atom is 0.221 e. The van der Waals surface area contributed by atoms with E-state index in [1.807, 2.05) is 30.3 Å². The molecule has 0 saturated carbocycles. The van der Waals surface area contributed by atoms with Crippen LogP contribution in [-0.2, 0) is 4.79 Å². The van der Waals surface area contributed by atoms with Gasteiger partial charge in [-0.15, -0.1) is 0 Å². The molecular weight excluding hydrogens is 338 g/mol. The third kappa shape index (κ3) is 4.82. The standard InChI is InChI=1S/C21H23N5O/c1-13-9-14(2)21(15(3)10-13)26-20-11-19(22-12-23-20)25-18-7-5-17(6-8-18)24-16(4)27/h5-12H,1-4H3,(H,24,27)(H2,22,23,25,26). The van der Waals surface area contributed by atoms with E-state index in [-0.39, 0.29) is 5.91 Å². The van der Waals surface area contributed by atoms with Crippen LogP contribution in [0.4, 0.5) is 28.7 Å². The first kappa shape index (κ1) is 18.4. The van der Waals surface area contributed by atoms with E-state index >= 15 is 0 Å². The third-order valence-corrected chi connectivity index (χ3v) is 4.07. The minimum atomic E-state index is -0.0936. The number of aromatic nitrogens is 2. The molecule has 1 heterocycles. The maximum atomic E-state index is 11.1. The van der Waals surface area contributed by atoms with Gasteiger partial charge in [-0.2, -0.15) is 0 Å². The Balaban J connectivity index is 1.75. The van der Waals surface area contributed by atoms with Crippen LogP contribution in [-0.4, -0.2) is 15.9 Å². The highest BCUT2D eigenvalue weighted by Gasteiger charge is 2.06. The number of amides is 1. The van der Waals surface area contributed by atoms with E-state index in [1.165, 1.54) is 29.9 Å². The van der Waals surface area contributed by atoms with Crippen LogP contribution in [0.5, 0.6) is 0 Å². The molecule has 2 aromatic carbocycles. The molecule has 0 bridgehead atoms. The molecular formula is C21H23N5O. The molecule has 3 rings (SSSR count). The summed E-state index contributed by atoms with van der Waals surface area (Å²) in [4.78, 5) is 19.7. The fourth-order valence-electron chi connectivity index (χ4n) is 2.99. The zero-order chi connectivity index (χ0) is 19.4. The zero-order valence-corrected chi connectivity index (χ0v) is 15.9. The molecule has 6 nitrogen and oxygen atoms in total. The summed E-state index contributed by atoms with van der Waals surface area (Å²) in [5.74, 6) is 1.31. The molecule has 3 aromatic rings. The van der Waals surface area contributed by atoms with Crippen LogP contribution in [0.25, 0.3) is 0 Å². The number of nitrogens with one attached hydrogen (secondary N) is 3. The first-order valence-corrected chi connectivity index (χ1v) is 8.72. The van der Waals surface area contributed by atoms with E-state index in [0.29, 0.717) is 5.82 Å². The maximum absolute atomic E-state index is 11.1. The Kier molecular flexibility index (Phi) is 5.35. The predicted octanol–water partition coefficient (Wildman–Crippen LogP) is 4.85. The second-order valence-electron chi connectivity index (χ2n) is 6.57. The molecule has 3 N–H and O–H groups in total. The molecule has 1 aromatic heterocycles. The molecule has 0 aliphatic heterocycles. The van der Waals surface area contributed by atoms with Crippen LogP contribution < -0.4 is 16.0 Å². The van der Waals surface area contributed by atoms with Gasteiger partial charge in [0.2, 0.25) is 5.91 Å². The second-order valence-corrected chi connectivity index (χ2v) is 6.57. The van der Waals surface area contributed by atoms with Crippen LogP contribution in [0.3, 0.4) is 0 Å². The van der Waals surface area contributed by atoms with Gasteiger partial charge in [0.05, 0.1) is 0 Å². The summed E-state index contributed by atoms with van der Waals surface area (Å²) in [6, 6.07) is 13.6. The monoisotopic (exact) mass is 361 g/mol. The SMILES string of the molecule is CC(=O)Nc1ccc(Nc2cc(Nc3c(C)cc(C)cc3C)ncn2)cc1. The molecule has 27 heavy (non-hydrogen) atoms. The Morgan fingerprint density at radius 2 is 1.37 bits per heavy atom. The van der Waals surface area contributed by atoms with Crippen molar-refractivity contribution in [2.45, 2.75) is 27.7 Å². The number of anilines is 5. The minimum absolute atomic E-state index is 0.0936. The summed E-state index contributed by atoms with van der Waals surface area (Å²) < 4.78 is 0. The van der Waals surface area contributed by atoms with Crippen LogP contribution in [0.1, 0.15) is 23.6 Å². The van der Waals surface area contributed by atoms with Crippen molar-refractivity contribution in [2.24, 2.45) is 0 Å². The molecule has 138 valence electrons. The summed E-state index contributed by atoms with van der Waals surface area (Å²) in [7, 11) is 0. The van der Waals surface area contributed by atoms with Crippen LogP contribution in [0, 0.1) is 20.8 Å². The topological polar surface area (TPSA) is 78.9 Å². The number of nitrogens with zero attached hydrogens (tertiary/aromatic N) is 2. The summed E-state index contributed by atoms with van der Waals surface area (Å²) in [6.07, 6.45) is 1.52. The van der Waals surface area contributed by atoms with E-state index in [0.717, 1.165) is 22.9 Å². The smallest absolute Gasteiger partial charge is 0.221 e. The molecule has 0 atom stereocenters. The van der Waals surface area contributed by atoms with Gasteiger partial charge >= 0.3 is 0 Å². The summed E-state index contributed by atoms with van der Waals surface area (Å²) >= 11 is 0. The Morgan fingerprint density at radius 1 is 0.815 bits per heavy atom. The van der Waals surface area contributed by atoms with Gasteiger partial charge in [-0.25, -0.2) is 9.97 Å². The lowest BCUT2D eigenvalue weighted by atomic mass is 10.1. The second kappa shape index (κ2) is 7.86. The molecule has 0 saturated heterocycles. The highest BCUT2D eigenvalue weighted by atomic mass is 16.1. The number of hydrogen-bond acceptors (Lipinski definition) is 5. The number of carbonyl (C=O) groups excluding carboxylic acids is 1. The molecule has 1 amide bonds. The van der Waals surface area contributed by atoms with E-state index in [2.05, 4.69) is 58.8 Å². The van der Waals surface area contributed by atoms with Gasteiger partial charge < -0.3 is 16.0 Å². The predicted molar refractivity (Wildman–Crippen MR) is 110 cm³/mol. The van der Waals surface area contributed by atoms with Gasteiger partial charge in [0.25, 0.3) is 0 Å². The van der Waals surface area contributed by atoms with Crippen LogP contribution >= 0.6 is 0 Å². The van der Waals surface area contributed by atoms with Crippen molar-refractivity contribution >= 4 is 34.6 Å². The number of aryl methyl sites for hydroxylation is 3. The van der Waals surface area contributed by atoms with Gasteiger partial charge in [0, 0.05) is 30.1 Å². The minimum Gasteiger partial charge on any atom is -0.340 e. The average Bonchev–Trinajstić information content (AvgIpc) is 2.60. The molecule has 0 radical (unpaired) electrons. The third-order valence-electron chi connectivity index (χ3n) is 4.07. The fourth-order valence-corrected chi connectivity index (χ4v) is 2.99. The molecule has 0 spiro atoms. The van der Waals surface area contributed by atoms with Gasteiger partial charge in [0.15, 0.2) is 0 Å². The molecule has 0 unspecified atom stereocenters. The van der Waals surface area contributed by atoms with Gasteiger partial charge in [-0.05, 0) is 56.2 Å². The van der Waals surface area contributed by atoms with Crippen molar-refractivity contribution in [3.05, 3.63) is 65.5 Å². The molecule has 0 aliphatic rings. The van der Waals surface area contributed by atoms with Gasteiger partial charge in [-0.1, -0.05) is 17.7 Å². The summed E-state index contributed by atoms with van der Waals surface area (Å²) in [5, 5.41) is 9.38.